The topological polar surface area (TPSA) is 37.0 Å². The minimum atomic E-state index is 0.243. The molecule has 3 heteroatoms. The number of ether oxygens (including phenoxy) is 1. The average Bonchev–Trinajstić information content (AvgIpc) is 3.03. The van der Waals surface area contributed by atoms with Crippen molar-refractivity contribution < 1.29 is 4.74 Å². The van der Waals surface area contributed by atoms with E-state index < -0.39 is 0 Å². The summed E-state index contributed by atoms with van der Waals surface area (Å²) in [5, 5.41) is 4.92. The van der Waals surface area contributed by atoms with Gasteiger partial charge in [0.05, 0.1) is 12.6 Å². The summed E-state index contributed by atoms with van der Waals surface area (Å²) in [5.41, 5.74) is 2.42. The lowest BCUT2D eigenvalue weighted by Crippen LogP contribution is -2.26. The Morgan fingerprint density at radius 3 is 2.42 bits per heavy atom. The van der Waals surface area contributed by atoms with E-state index in [-0.39, 0.29) is 6.04 Å². The minimum Gasteiger partial charge on any atom is -0.383 e. The van der Waals surface area contributed by atoms with Crippen LogP contribution in [0.15, 0.2) is 30.3 Å². The summed E-state index contributed by atoms with van der Waals surface area (Å²) in [6.45, 7) is 4.03. The predicted octanol–water partition coefficient (Wildman–Crippen LogP) is 5.59. The standard InChI is InChI=1S/C21H34N2O/c1-3-4-5-6-7-8-9-12-15-22-21(17-24-2)20-16-18-13-10-11-14-19(18)23-20/h10-11,13-14,16,21-23H,3-9,12,15,17H2,1-2H3. The number of nitrogens with one attached hydrogen (secondary N) is 2. The molecule has 0 spiro atoms. The third-order valence-electron chi connectivity index (χ3n) is 4.68. The summed E-state index contributed by atoms with van der Waals surface area (Å²) in [6.07, 6.45) is 10.9. The number of benzene rings is 1. The van der Waals surface area contributed by atoms with Crippen LogP contribution in [0.25, 0.3) is 10.9 Å². The maximum atomic E-state index is 5.40. The van der Waals surface area contributed by atoms with Gasteiger partial charge in [-0.15, -0.1) is 0 Å². The molecule has 134 valence electrons. The fourth-order valence-corrected chi connectivity index (χ4v) is 3.24. The van der Waals surface area contributed by atoms with Crippen LogP contribution in [-0.4, -0.2) is 25.2 Å². The molecule has 0 saturated carbocycles. The van der Waals surface area contributed by atoms with Gasteiger partial charge in [0.2, 0.25) is 0 Å². The summed E-state index contributed by atoms with van der Waals surface area (Å²) in [7, 11) is 1.77. The van der Waals surface area contributed by atoms with Gasteiger partial charge in [-0.3, -0.25) is 0 Å². The molecule has 0 aliphatic heterocycles. The molecule has 1 heterocycles. The second kappa shape index (κ2) is 11.3. The Bertz CT molecular complexity index is 531. The maximum absolute atomic E-state index is 5.40. The lowest BCUT2D eigenvalue weighted by molar-refractivity contribution is 0.165. The lowest BCUT2D eigenvalue weighted by atomic mass is 10.1. The summed E-state index contributed by atoms with van der Waals surface area (Å²) >= 11 is 0. The van der Waals surface area contributed by atoms with Gasteiger partial charge >= 0.3 is 0 Å². The molecule has 2 rings (SSSR count). The van der Waals surface area contributed by atoms with Crippen LogP contribution in [0.5, 0.6) is 0 Å². The van der Waals surface area contributed by atoms with Gasteiger partial charge in [-0.1, -0.05) is 70.1 Å². The first-order chi connectivity index (χ1) is 11.8. The molecule has 24 heavy (non-hydrogen) atoms. The molecule has 0 fully saturated rings. The van der Waals surface area contributed by atoms with Crippen molar-refractivity contribution in [3.8, 4) is 0 Å². The van der Waals surface area contributed by atoms with Crippen LogP contribution < -0.4 is 5.32 Å². The first-order valence-corrected chi connectivity index (χ1v) is 9.65. The Balaban J connectivity index is 1.69. The molecule has 2 N–H and O–H groups in total. The zero-order valence-corrected chi connectivity index (χ0v) is 15.4. The molecule has 0 bridgehead atoms. The quantitative estimate of drug-likeness (QED) is 0.470. The Hall–Kier alpha value is -1.32. The monoisotopic (exact) mass is 330 g/mol. The van der Waals surface area contributed by atoms with Crippen molar-refractivity contribution in [1.29, 1.82) is 0 Å². The highest BCUT2D eigenvalue weighted by atomic mass is 16.5. The zero-order chi connectivity index (χ0) is 17.0. The van der Waals surface area contributed by atoms with Crippen LogP contribution in [-0.2, 0) is 4.74 Å². The highest BCUT2D eigenvalue weighted by molar-refractivity contribution is 5.80. The largest absolute Gasteiger partial charge is 0.383 e. The van der Waals surface area contributed by atoms with Crippen LogP contribution in [0.2, 0.25) is 0 Å². The number of rotatable bonds is 13. The van der Waals surface area contributed by atoms with Gasteiger partial charge in [0, 0.05) is 18.3 Å². The van der Waals surface area contributed by atoms with E-state index in [0.29, 0.717) is 6.61 Å². The molecule has 1 aromatic heterocycles. The van der Waals surface area contributed by atoms with E-state index in [1.165, 1.54) is 68.0 Å². The Kier molecular flexibility index (Phi) is 8.93. The average molecular weight is 331 g/mol. The summed E-state index contributed by atoms with van der Waals surface area (Å²) in [5.74, 6) is 0. The number of aromatic nitrogens is 1. The summed E-state index contributed by atoms with van der Waals surface area (Å²) in [4.78, 5) is 3.52. The number of hydrogen-bond donors (Lipinski definition) is 2. The van der Waals surface area contributed by atoms with E-state index in [0.717, 1.165) is 6.54 Å². The van der Waals surface area contributed by atoms with Gasteiger partial charge in [0.1, 0.15) is 0 Å². The van der Waals surface area contributed by atoms with Crippen LogP contribution in [0.4, 0.5) is 0 Å². The molecule has 0 radical (unpaired) electrons. The Morgan fingerprint density at radius 1 is 1.00 bits per heavy atom. The molecule has 3 nitrogen and oxygen atoms in total. The van der Waals surface area contributed by atoms with E-state index in [2.05, 4.69) is 47.6 Å². The highest BCUT2D eigenvalue weighted by Gasteiger charge is 2.13. The zero-order valence-electron chi connectivity index (χ0n) is 15.4. The van der Waals surface area contributed by atoms with E-state index in [9.17, 15) is 0 Å². The van der Waals surface area contributed by atoms with Gasteiger partial charge in [-0.25, -0.2) is 0 Å². The Morgan fingerprint density at radius 2 is 1.71 bits per heavy atom. The van der Waals surface area contributed by atoms with Crippen molar-refractivity contribution in [3.05, 3.63) is 36.0 Å². The molecule has 0 saturated heterocycles. The second-order valence-electron chi connectivity index (χ2n) is 6.75. The van der Waals surface area contributed by atoms with Gasteiger partial charge in [0.25, 0.3) is 0 Å². The number of hydrogen-bond acceptors (Lipinski definition) is 2. The lowest BCUT2D eigenvalue weighted by Gasteiger charge is -2.16. The molecule has 0 aliphatic carbocycles. The van der Waals surface area contributed by atoms with Crippen LogP contribution in [0.3, 0.4) is 0 Å². The molecule has 2 aromatic rings. The number of para-hydroxylation sites is 1. The van der Waals surface area contributed by atoms with Crippen molar-refractivity contribution in [2.24, 2.45) is 0 Å². The van der Waals surface area contributed by atoms with Crippen molar-refractivity contribution in [2.45, 2.75) is 64.3 Å². The highest BCUT2D eigenvalue weighted by Crippen LogP contribution is 2.20. The number of unbranched alkanes of at least 4 members (excludes halogenated alkanes) is 7. The van der Waals surface area contributed by atoms with Crippen molar-refractivity contribution in [2.75, 3.05) is 20.3 Å². The number of aromatic amines is 1. The molecular formula is C21H34N2O. The molecule has 1 aromatic carbocycles. The fraction of sp³-hybridized carbons (Fsp3) is 0.619. The van der Waals surface area contributed by atoms with E-state index in [1.807, 2.05) is 0 Å². The van der Waals surface area contributed by atoms with E-state index >= 15 is 0 Å². The molecule has 1 unspecified atom stereocenters. The molecule has 0 aliphatic rings. The first kappa shape index (κ1) is 19.0. The van der Waals surface area contributed by atoms with E-state index in [1.54, 1.807) is 7.11 Å². The third-order valence-corrected chi connectivity index (χ3v) is 4.68. The maximum Gasteiger partial charge on any atom is 0.0710 e. The number of methoxy groups -OCH3 is 1. The van der Waals surface area contributed by atoms with Gasteiger partial charge in [-0.05, 0) is 30.5 Å². The normalized spacial score (nSPS) is 12.8. The summed E-state index contributed by atoms with van der Waals surface area (Å²) in [6, 6.07) is 10.9. The van der Waals surface area contributed by atoms with Crippen LogP contribution in [0.1, 0.15) is 70.0 Å². The number of fused-ring (bicyclic) bond motifs is 1. The van der Waals surface area contributed by atoms with Crippen LogP contribution >= 0.6 is 0 Å². The fourth-order valence-electron chi connectivity index (χ4n) is 3.24. The predicted molar refractivity (Wildman–Crippen MR) is 104 cm³/mol. The SMILES string of the molecule is CCCCCCCCCCNC(COC)c1cc2ccccc2[nH]1. The Labute approximate surface area is 147 Å². The molecule has 1 atom stereocenters. The first-order valence-electron chi connectivity index (χ1n) is 9.65. The van der Waals surface area contributed by atoms with Gasteiger partial charge < -0.3 is 15.0 Å². The van der Waals surface area contributed by atoms with Gasteiger partial charge in [-0.2, -0.15) is 0 Å². The van der Waals surface area contributed by atoms with E-state index in [4.69, 9.17) is 4.74 Å². The van der Waals surface area contributed by atoms with Crippen molar-refractivity contribution in [3.63, 3.8) is 0 Å². The minimum absolute atomic E-state index is 0.243. The summed E-state index contributed by atoms with van der Waals surface area (Å²) < 4.78 is 5.40. The third kappa shape index (κ3) is 6.29. The smallest absolute Gasteiger partial charge is 0.0710 e. The van der Waals surface area contributed by atoms with Crippen LogP contribution in [0, 0.1) is 0 Å². The number of H-pyrrole nitrogens is 1. The van der Waals surface area contributed by atoms with Crippen molar-refractivity contribution >= 4 is 10.9 Å². The second-order valence-corrected chi connectivity index (χ2v) is 6.75. The van der Waals surface area contributed by atoms with Crippen molar-refractivity contribution in [1.82, 2.24) is 10.3 Å². The molecule has 0 amide bonds. The van der Waals surface area contributed by atoms with Gasteiger partial charge in [0.15, 0.2) is 0 Å². The molecular weight excluding hydrogens is 296 g/mol.